The average Bonchev–Trinajstić information content (AvgIpc) is 2.77. The molecule has 1 aliphatic heterocycles. The first-order valence-corrected chi connectivity index (χ1v) is 12.2. The van der Waals surface area contributed by atoms with E-state index in [4.69, 9.17) is 4.74 Å². The number of nitrogens with one attached hydrogen (secondary N) is 1. The average molecular weight is 445 g/mol. The van der Waals surface area contributed by atoms with Crippen molar-refractivity contribution in [3.05, 3.63) is 60.2 Å². The molecule has 1 aliphatic rings. The molecule has 0 atom stereocenters. The lowest BCUT2D eigenvalue weighted by molar-refractivity contribution is -0.126. The molecule has 6 nitrogen and oxygen atoms in total. The van der Waals surface area contributed by atoms with E-state index in [9.17, 15) is 13.2 Å². The van der Waals surface area contributed by atoms with Crippen LogP contribution in [0.15, 0.2) is 59.5 Å². The highest BCUT2D eigenvalue weighted by Crippen LogP contribution is 2.27. The van der Waals surface area contributed by atoms with E-state index < -0.39 is 10.0 Å². The SMILES string of the molecule is CC(C)(C)c1ccc(S(=O)(=O)N2CCC(C(=O)NCCOc3ccccc3)CC2)cc1. The molecule has 1 saturated heterocycles. The van der Waals surface area contributed by atoms with Gasteiger partial charge in [0, 0.05) is 19.0 Å². The van der Waals surface area contributed by atoms with Gasteiger partial charge < -0.3 is 10.1 Å². The summed E-state index contributed by atoms with van der Waals surface area (Å²) in [6.07, 6.45) is 1.04. The van der Waals surface area contributed by atoms with Crippen LogP contribution in [-0.4, -0.2) is 44.9 Å². The topological polar surface area (TPSA) is 75.7 Å². The second kappa shape index (κ2) is 9.83. The summed E-state index contributed by atoms with van der Waals surface area (Å²) in [5, 5.41) is 2.90. The molecule has 1 fully saturated rings. The van der Waals surface area contributed by atoms with E-state index in [1.165, 1.54) is 4.31 Å². The highest BCUT2D eigenvalue weighted by molar-refractivity contribution is 7.89. The van der Waals surface area contributed by atoms with Crippen molar-refractivity contribution in [2.24, 2.45) is 5.92 Å². The molecule has 0 unspecified atom stereocenters. The van der Waals surface area contributed by atoms with Gasteiger partial charge >= 0.3 is 0 Å². The Morgan fingerprint density at radius 2 is 1.65 bits per heavy atom. The zero-order valence-electron chi connectivity index (χ0n) is 18.5. The monoisotopic (exact) mass is 444 g/mol. The first-order chi connectivity index (χ1) is 14.7. The molecule has 0 saturated carbocycles. The summed E-state index contributed by atoms with van der Waals surface area (Å²) < 4.78 is 33.0. The first-order valence-electron chi connectivity index (χ1n) is 10.7. The zero-order chi connectivity index (χ0) is 22.5. The second-order valence-electron chi connectivity index (χ2n) is 8.91. The molecule has 31 heavy (non-hydrogen) atoms. The van der Waals surface area contributed by atoms with Crippen LogP contribution in [-0.2, 0) is 20.2 Å². The molecule has 0 aliphatic carbocycles. The summed E-state index contributed by atoms with van der Waals surface area (Å²) in [6.45, 7) is 7.81. The molecule has 2 aromatic carbocycles. The lowest BCUT2D eigenvalue weighted by Crippen LogP contribution is -2.43. The van der Waals surface area contributed by atoms with Crippen molar-refractivity contribution in [1.82, 2.24) is 9.62 Å². The van der Waals surface area contributed by atoms with Gasteiger partial charge in [-0.1, -0.05) is 51.1 Å². The van der Waals surface area contributed by atoms with Gasteiger partial charge in [0.2, 0.25) is 15.9 Å². The van der Waals surface area contributed by atoms with Crippen LogP contribution in [0.5, 0.6) is 5.75 Å². The fourth-order valence-corrected chi connectivity index (χ4v) is 5.11. The molecular formula is C24H32N2O4S. The minimum absolute atomic E-state index is 0.0276. The van der Waals surface area contributed by atoms with Crippen LogP contribution in [0.25, 0.3) is 0 Å². The molecule has 1 amide bonds. The number of rotatable bonds is 7. The Morgan fingerprint density at radius 3 is 2.23 bits per heavy atom. The summed E-state index contributed by atoms with van der Waals surface area (Å²) in [6, 6.07) is 16.6. The molecule has 168 valence electrons. The van der Waals surface area contributed by atoms with Gasteiger partial charge in [0.1, 0.15) is 12.4 Å². The third kappa shape index (κ3) is 6.08. The van der Waals surface area contributed by atoms with Gasteiger partial charge in [0.25, 0.3) is 0 Å². The quantitative estimate of drug-likeness (QED) is 0.663. The van der Waals surface area contributed by atoms with Crippen molar-refractivity contribution in [2.75, 3.05) is 26.2 Å². The maximum absolute atomic E-state index is 13.0. The molecule has 2 aromatic rings. The van der Waals surface area contributed by atoms with Crippen LogP contribution in [0.1, 0.15) is 39.2 Å². The fourth-order valence-electron chi connectivity index (χ4n) is 3.64. The summed E-state index contributed by atoms with van der Waals surface area (Å²) >= 11 is 0. The maximum atomic E-state index is 13.0. The van der Waals surface area contributed by atoms with Gasteiger partial charge in [-0.05, 0) is 48.1 Å². The molecule has 0 spiro atoms. The number of hydrogen-bond donors (Lipinski definition) is 1. The normalized spacial score (nSPS) is 16.1. The van der Waals surface area contributed by atoms with Crippen LogP contribution < -0.4 is 10.1 Å². The summed E-state index contributed by atoms with van der Waals surface area (Å²) in [5.41, 5.74) is 1.07. The Labute approximate surface area is 185 Å². The van der Waals surface area contributed by atoms with E-state index in [-0.39, 0.29) is 17.2 Å². The third-order valence-corrected chi connectivity index (χ3v) is 7.51. The van der Waals surface area contributed by atoms with Gasteiger partial charge in [-0.25, -0.2) is 8.42 Å². The standard InChI is InChI=1S/C24H32N2O4S/c1-24(2,3)20-9-11-22(12-10-20)31(28,29)26-16-13-19(14-17-26)23(27)25-15-18-30-21-7-5-4-6-8-21/h4-12,19H,13-18H2,1-3H3,(H,25,27). The van der Waals surface area contributed by atoms with Gasteiger partial charge in [-0.2, -0.15) is 4.31 Å². The lowest BCUT2D eigenvalue weighted by atomic mass is 9.87. The molecule has 0 aromatic heterocycles. The molecular weight excluding hydrogens is 412 g/mol. The number of hydrogen-bond acceptors (Lipinski definition) is 4. The summed E-state index contributed by atoms with van der Waals surface area (Å²) in [5.74, 6) is 0.556. The van der Waals surface area contributed by atoms with Crippen molar-refractivity contribution in [3.8, 4) is 5.75 Å². The number of benzene rings is 2. The highest BCUT2D eigenvalue weighted by atomic mass is 32.2. The number of ether oxygens (including phenoxy) is 1. The lowest BCUT2D eigenvalue weighted by Gasteiger charge is -2.30. The predicted octanol–water partition coefficient (Wildman–Crippen LogP) is 3.58. The summed E-state index contributed by atoms with van der Waals surface area (Å²) in [7, 11) is -3.54. The van der Waals surface area contributed by atoms with Crippen LogP contribution in [0, 0.1) is 5.92 Å². The number of amides is 1. The third-order valence-electron chi connectivity index (χ3n) is 5.60. The maximum Gasteiger partial charge on any atom is 0.243 e. The van der Waals surface area contributed by atoms with Gasteiger partial charge in [-0.15, -0.1) is 0 Å². The van der Waals surface area contributed by atoms with Gasteiger partial charge in [-0.3, -0.25) is 4.79 Å². The number of piperidine rings is 1. The molecule has 3 rings (SSSR count). The minimum Gasteiger partial charge on any atom is -0.492 e. The van der Waals surface area contributed by atoms with Gasteiger partial charge in [0.05, 0.1) is 11.4 Å². The Morgan fingerprint density at radius 1 is 1.03 bits per heavy atom. The molecule has 0 radical (unpaired) electrons. The number of sulfonamides is 1. The second-order valence-corrected chi connectivity index (χ2v) is 10.8. The smallest absolute Gasteiger partial charge is 0.243 e. The van der Waals surface area contributed by atoms with E-state index in [0.29, 0.717) is 44.0 Å². The Kier molecular flexibility index (Phi) is 7.38. The predicted molar refractivity (Wildman–Crippen MR) is 122 cm³/mol. The van der Waals surface area contributed by atoms with E-state index in [0.717, 1.165) is 11.3 Å². The van der Waals surface area contributed by atoms with Crippen LogP contribution in [0.2, 0.25) is 0 Å². The number of carbonyl (C=O) groups excluding carboxylic acids is 1. The molecule has 1 heterocycles. The van der Waals surface area contributed by atoms with Gasteiger partial charge in [0.15, 0.2) is 0 Å². The van der Waals surface area contributed by atoms with Crippen molar-refractivity contribution >= 4 is 15.9 Å². The molecule has 7 heteroatoms. The van der Waals surface area contributed by atoms with Crippen LogP contribution in [0.3, 0.4) is 0 Å². The minimum atomic E-state index is -3.54. The van der Waals surface area contributed by atoms with E-state index in [2.05, 4.69) is 26.1 Å². The number of nitrogens with zero attached hydrogens (tertiary/aromatic N) is 1. The van der Waals surface area contributed by atoms with Crippen molar-refractivity contribution < 1.29 is 17.9 Å². The Hall–Kier alpha value is -2.38. The molecule has 1 N–H and O–H groups in total. The Balaban J connectivity index is 1.47. The highest BCUT2D eigenvalue weighted by Gasteiger charge is 2.32. The first kappa shape index (κ1) is 23.3. The fraction of sp³-hybridized carbons (Fsp3) is 0.458. The Bertz CT molecular complexity index is 959. The summed E-state index contributed by atoms with van der Waals surface area (Å²) in [4.78, 5) is 12.7. The number of para-hydroxylation sites is 1. The zero-order valence-corrected chi connectivity index (χ0v) is 19.3. The van der Waals surface area contributed by atoms with Crippen molar-refractivity contribution in [1.29, 1.82) is 0 Å². The van der Waals surface area contributed by atoms with Crippen molar-refractivity contribution in [3.63, 3.8) is 0 Å². The van der Waals surface area contributed by atoms with E-state index in [1.54, 1.807) is 12.1 Å². The molecule has 0 bridgehead atoms. The van der Waals surface area contributed by atoms with E-state index >= 15 is 0 Å². The number of carbonyl (C=O) groups is 1. The van der Waals surface area contributed by atoms with Crippen LogP contribution >= 0.6 is 0 Å². The van der Waals surface area contributed by atoms with Crippen LogP contribution in [0.4, 0.5) is 0 Å². The van der Waals surface area contributed by atoms with Crippen molar-refractivity contribution in [2.45, 2.75) is 43.9 Å². The van der Waals surface area contributed by atoms with E-state index in [1.807, 2.05) is 42.5 Å². The largest absolute Gasteiger partial charge is 0.492 e.